The zero-order valence-corrected chi connectivity index (χ0v) is 15.2. The number of carbonyl (C=O) groups is 1. The van der Waals surface area contributed by atoms with Gasteiger partial charge in [-0.3, -0.25) is 9.69 Å². The largest absolute Gasteiger partial charge is 0.351 e. The van der Waals surface area contributed by atoms with E-state index in [-0.39, 0.29) is 24.4 Å². The van der Waals surface area contributed by atoms with Gasteiger partial charge in [0.05, 0.1) is 6.04 Å². The first-order valence-corrected chi connectivity index (χ1v) is 9.12. The molecular weight excluding hydrogens is 322 g/mol. The number of nitrogens with one attached hydrogen (secondary N) is 2. The van der Waals surface area contributed by atoms with E-state index < -0.39 is 0 Å². The van der Waals surface area contributed by atoms with E-state index in [4.69, 9.17) is 0 Å². The molecule has 4 nitrogen and oxygen atoms in total. The highest BCUT2D eigenvalue weighted by molar-refractivity contribution is 5.85. The van der Waals surface area contributed by atoms with Gasteiger partial charge in [-0.15, -0.1) is 12.4 Å². The maximum absolute atomic E-state index is 12.1. The molecule has 2 fully saturated rings. The minimum atomic E-state index is 0. The van der Waals surface area contributed by atoms with E-state index >= 15 is 0 Å². The quantitative estimate of drug-likeness (QED) is 0.857. The first-order chi connectivity index (χ1) is 11.3. The molecule has 1 atom stereocenters. The molecule has 0 radical (unpaired) electrons. The number of benzene rings is 1. The van der Waals surface area contributed by atoms with Crippen molar-refractivity contribution in [2.75, 3.05) is 19.6 Å². The summed E-state index contributed by atoms with van der Waals surface area (Å²) in [7, 11) is 0. The number of carbonyl (C=O) groups excluding carboxylic acids is 1. The summed E-state index contributed by atoms with van der Waals surface area (Å²) in [4.78, 5) is 14.6. The lowest BCUT2D eigenvalue weighted by molar-refractivity contribution is -0.122. The van der Waals surface area contributed by atoms with Gasteiger partial charge in [0.15, 0.2) is 0 Å². The third-order valence-electron chi connectivity index (χ3n) is 4.94. The number of halogens is 1. The zero-order chi connectivity index (χ0) is 15.9. The van der Waals surface area contributed by atoms with Crippen molar-refractivity contribution in [3.63, 3.8) is 0 Å². The Morgan fingerprint density at radius 2 is 1.88 bits per heavy atom. The molecule has 2 aliphatic rings. The summed E-state index contributed by atoms with van der Waals surface area (Å²) >= 11 is 0. The molecule has 0 bridgehead atoms. The van der Waals surface area contributed by atoms with Gasteiger partial charge in [0.2, 0.25) is 5.91 Å². The fourth-order valence-corrected chi connectivity index (χ4v) is 3.61. The molecule has 5 heteroatoms. The van der Waals surface area contributed by atoms with Gasteiger partial charge in [0.1, 0.15) is 0 Å². The summed E-state index contributed by atoms with van der Waals surface area (Å²) in [5.41, 5.74) is 2.56. The number of likely N-dealkylation sites (tertiary alicyclic amines) is 1. The SMILES string of the molecule is Cl.O=C(NCc1cccc(CN2CCCCCC2)c1)[C@@H]1CCCN1. The Balaban J connectivity index is 0.00000208. The minimum absolute atomic E-state index is 0. The lowest BCUT2D eigenvalue weighted by atomic mass is 10.1. The Labute approximate surface area is 151 Å². The fraction of sp³-hybridized carbons (Fsp3) is 0.632. The summed E-state index contributed by atoms with van der Waals surface area (Å²) in [6, 6.07) is 8.67. The van der Waals surface area contributed by atoms with E-state index in [0.717, 1.165) is 25.9 Å². The first-order valence-electron chi connectivity index (χ1n) is 9.12. The third kappa shape index (κ3) is 5.76. The topological polar surface area (TPSA) is 44.4 Å². The molecule has 1 aromatic rings. The number of amides is 1. The van der Waals surface area contributed by atoms with E-state index in [9.17, 15) is 4.79 Å². The van der Waals surface area contributed by atoms with Crippen LogP contribution in [0.1, 0.15) is 49.7 Å². The van der Waals surface area contributed by atoms with Crippen molar-refractivity contribution >= 4 is 18.3 Å². The van der Waals surface area contributed by atoms with Gasteiger partial charge < -0.3 is 10.6 Å². The van der Waals surface area contributed by atoms with E-state index in [1.54, 1.807) is 0 Å². The summed E-state index contributed by atoms with van der Waals surface area (Å²) in [5, 5.41) is 6.31. The van der Waals surface area contributed by atoms with Crippen molar-refractivity contribution in [2.24, 2.45) is 0 Å². The highest BCUT2D eigenvalue weighted by atomic mass is 35.5. The summed E-state index contributed by atoms with van der Waals surface area (Å²) < 4.78 is 0. The fourth-order valence-electron chi connectivity index (χ4n) is 3.61. The van der Waals surface area contributed by atoms with Crippen LogP contribution in [0.5, 0.6) is 0 Å². The van der Waals surface area contributed by atoms with Crippen LogP contribution in [0, 0.1) is 0 Å². The number of hydrogen-bond donors (Lipinski definition) is 2. The van der Waals surface area contributed by atoms with Crippen LogP contribution in [0.3, 0.4) is 0 Å². The Morgan fingerprint density at radius 1 is 1.12 bits per heavy atom. The normalized spacial score (nSPS) is 21.8. The van der Waals surface area contributed by atoms with Crippen molar-refractivity contribution in [3.8, 4) is 0 Å². The molecule has 0 aliphatic carbocycles. The van der Waals surface area contributed by atoms with Gasteiger partial charge in [-0.1, -0.05) is 37.1 Å². The van der Waals surface area contributed by atoms with Gasteiger partial charge >= 0.3 is 0 Å². The predicted molar refractivity (Wildman–Crippen MR) is 100 cm³/mol. The van der Waals surface area contributed by atoms with Gasteiger partial charge in [-0.2, -0.15) is 0 Å². The van der Waals surface area contributed by atoms with E-state index in [0.29, 0.717) is 6.54 Å². The van der Waals surface area contributed by atoms with Crippen molar-refractivity contribution in [3.05, 3.63) is 35.4 Å². The first kappa shape index (κ1) is 19.2. The zero-order valence-electron chi connectivity index (χ0n) is 14.4. The van der Waals surface area contributed by atoms with Crippen LogP contribution in [-0.2, 0) is 17.9 Å². The standard InChI is InChI=1S/C19H29N3O.ClH/c23-19(18-9-6-10-20-18)21-14-16-7-5-8-17(13-16)15-22-11-3-1-2-4-12-22;/h5,7-8,13,18,20H,1-4,6,9-12,14-15H2,(H,21,23);1H/t18-;/m0./s1. The Hall–Kier alpha value is -1.10. The van der Waals surface area contributed by atoms with Crippen LogP contribution in [0.2, 0.25) is 0 Å². The van der Waals surface area contributed by atoms with Gasteiger partial charge in [-0.25, -0.2) is 0 Å². The molecule has 24 heavy (non-hydrogen) atoms. The second-order valence-corrected chi connectivity index (χ2v) is 6.88. The summed E-state index contributed by atoms with van der Waals surface area (Å²) in [6.45, 7) is 5.06. The Bertz CT molecular complexity index is 509. The van der Waals surface area contributed by atoms with Crippen LogP contribution in [0.15, 0.2) is 24.3 Å². The van der Waals surface area contributed by atoms with Crippen LogP contribution in [0.4, 0.5) is 0 Å². The minimum Gasteiger partial charge on any atom is -0.351 e. The van der Waals surface area contributed by atoms with Crippen molar-refractivity contribution in [1.29, 1.82) is 0 Å². The van der Waals surface area contributed by atoms with Crippen LogP contribution in [-0.4, -0.2) is 36.5 Å². The smallest absolute Gasteiger partial charge is 0.237 e. The Kier molecular flexibility index (Phi) is 8.03. The number of nitrogens with zero attached hydrogens (tertiary/aromatic N) is 1. The highest BCUT2D eigenvalue weighted by Gasteiger charge is 2.21. The van der Waals surface area contributed by atoms with E-state index in [1.807, 2.05) is 0 Å². The summed E-state index contributed by atoms with van der Waals surface area (Å²) in [6.07, 6.45) is 7.45. The molecule has 0 saturated carbocycles. The van der Waals surface area contributed by atoms with Gasteiger partial charge in [0, 0.05) is 13.1 Å². The molecule has 2 N–H and O–H groups in total. The Morgan fingerprint density at radius 3 is 2.58 bits per heavy atom. The number of hydrogen-bond acceptors (Lipinski definition) is 3. The van der Waals surface area contributed by atoms with Crippen molar-refractivity contribution in [1.82, 2.24) is 15.5 Å². The molecule has 2 aliphatic heterocycles. The molecular formula is C19H30ClN3O. The maximum Gasteiger partial charge on any atom is 0.237 e. The molecule has 2 heterocycles. The highest BCUT2D eigenvalue weighted by Crippen LogP contribution is 2.14. The van der Waals surface area contributed by atoms with Gasteiger partial charge in [0.25, 0.3) is 0 Å². The second kappa shape index (κ2) is 10.0. The second-order valence-electron chi connectivity index (χ2n) is 6.88. The van der Waals surface area contributed by atoms with E-state index in [1.165, 1.54) is 49.9 Å². The van der Waals surface area contributed by atoms with Gasteiger partial charge in [-0.05, 0) is 56.4 Å². The number of rotatable bonds is 5. The molecule has 3 rings (SSSR count). The summed E-state index contributed by atoms with van der Waals surface area (Å²) in [5.74, 6) is 0.139. The van der Waals surface area contributed by atoms with Crippen molar-refractivity contribution in [2.45, 2.75) is 57.7 Å². The van der Waals surface area contributed by atoms with E-state index in [2.05, 4.69) is 39.8 Å². The monoisotopic (exact) mass is 351 g/mol. The van der Waals surface area contributed by atoms with Crippen LogP contribution < -0.4 is 10.6 Å². The molecule has 0 unspecified atom stereocenters. The molecule has 1 amide bonds. The lowest BCUT2D eigenvalue weighted by Gasteiger charge is -2.20. The molecule has 0 aromatic heterocycles. The van der Waals surface area contributed by atoms with Crippen LogP contribution >= 0.6 is 12.4 Å². The van der Waals surface area contributed by atoms with Crippen LogP contribution in [0.25, 0.3) is 0 Å². The molecule has 1 aromatic carbocycles. The average molecular weight is 352 g/mol. The maximum atomic E-state index is 12.1. The third-order valence-corrected chi connectivity index (χ3v) is 4.94. The lowest BCUT2D eigenvalue weighted by Crippen LogP contribution is -2.40. The molecule has 0 spiro atoms. The predicted octanol–water partition coefficient (Wildman–Crippen LogP) is 2.85. The average Bonchev–Trinajstić information content (AvgIpc) is 2.99. The molecule has 134 valence electrons. The molecule has 2 saturated heterocycles. The van der Waals surface area contributed by atoms with Crippen molar-refractivity contribution < 1.29 is 4.79 Å².